The summed E-state index contributed by atoms with van der Waals surface area (Å²) < 4.78 is 4.85. The van der Waals surface area contributed by atoms with Crippen LogP contribution >= 0.6 is 0 Å². The van der Waals surface area contributed by atoms with E-state index in [2.05, 4.69) is 17.1 Å². The first-order valence-corrected chi connectivity index (χ1v) is 7.85. The Morgan fingerprint density at radius 1 is 1.33 bits per heavy atom. The van der Waals surface area contributed by atoms with Crippen molar-refractivity contribution in [2.45, 2.75) is 51.9 Å². The average Bonchev–Trinajstić information content (AvgIpc) is 2.54. The largest absolute Gasteiger partial charge is 0.469 e. The molecule has 0 saturated heterocycles. The lowest BCUT2D eigenvalue weighted by atomic mass is 9.74. The summed E-state index contributed by atoms with van der Waals surface area (Å²) in [5.41, 5.74) is 1.27. The number of carbonyl (C=O) groups excluding carboxylic acids is 1. The number of methoxy groups -OCH3 is 1. The number of pyridine rings is 1. The van der Waals surface area contributed by atoms with Gasteiger partial charge in [-0.3, -0.25) is 9.78 Å². The second kappa shape index (κ2) is 7.39. The van der Waals surface area contributed by atoms with E-state index in [1.165, 1.54) is 30.7 Å². The molecule has 1 saturated carbocycles. The van der Waals surface area contributed by atoms with Crippen LogP contribution in [0.3, 0.4) is 0 Å². The molecule has 114 valence electrons. The molecule has 0 aliphatic heterocycles. The summed E-state index contributed by atoms with van der Waals surface area (Å²) in [6, 6.07) is 2.24. The van der Waals surface area contributed by atoms with Crippen molar-refractivity contribution >= 4 is 18.1 Å². The van der Waals surface area contributed by atoms with E-state index in [0.29, 0.717) is 18.3 Å². The first kappa shape index (κ1) is 15.7. The lowest BCUT2D eigenvalue weighted by Gasteiger charge is -2.31. The Labute approximate surface area is 126 Å². The zero-order valence-corrected chi connectivity index (χ0v) is 13.3. The van der Waals surface area contributed by atoms with Crippen LogP contribution in [0.1, 0.15) is 57.4 Å². The second-order valence-electron chi connectivity index (χ2n) is 5.75. The van der Waals surface area contributed by atoms with Gasteiger partial charge in [0.15, 0.2) is 0 Å². The maximum Gasteiger partial charge on any atom is 0.305 e. The number of hydrogen-bond donors (Lipinski definition) is 0. The fourth-order valence-electron chi connectivity index (χ4n) is 3.37. The average molecular weight is 287 g/mol. The number of aromatic nitrogens is 1. The summed E-state index contributed by atoms with van der Waals surface area (Å²) in [7, 11) is 1.47. The molecule has 0 spiro atoms. The molecule has 0 aromatic carbocycles. The molecular formula is C18H25NO2. The summed E-state index contributed by atoms with van der Waals surface area (Å²) in [6.07, 6.45) is 11.3. The monoisotopic (exact) mass is 287 g/mol. The Balaban J connectivity index is 2.31. The molecule has 1 aromatic rings. The molecular weight excluding hydrogens is 262 g/mol. The van der Waals surface area contributed by atoms with Gasteiger partial charge in [-0.15, -0.1) is 0 Å². The quantitative estimate of drug-likeness (QED) is 0.802. The highest BCUT2D eigenvalue weighted by Gasteiger charge is 2.28. The zero-order chi connectivity index (χ0) is 15.2. The molecule has 0 radical (unpaired) electrons. The van der Waals surface area contributed by atoms with Crippen molar-refractivity contribution < 1.29 is 9.53 Å². The number of ether oxygens (including phenoxy) is 1. The van der Waals surface area contributed by atoms with Gasteiger partial charge in [-0.2, -0.15) is 0 Å². The van der Waals surface area contributed by atoms with Gasteiger partial charge in [-0.1, -0.05) is 25.0 Å². The van der Waals surface area contributed by atoms with Crippen LogP contribution in [-0.2, 0) is 9.53 Å². The van der Waals surface area contributed by atoms with E-state index in [1.54, 1.807) is 0 Å². The topological polar surface area (TPSA) is 39.2 Å². The normalized spacial score (nSPS) is 24.1. The van der Waals surface area contributed by atoms with Gasteiger partial charge in [0, 0.05) is 12.6 Å². The van der Waals surface area contributed by atoms with Crippen LogP contribution in [0, 0.1) is 5.92 Å². The minimum absolute atomic E-state index is 0.0966. The number of nitrogens with zero attached hydrogens (tertiary/aromatic N) is 1. The standard InChI is InChI=1S/C18H25NO2/c1-4-13-10-15(12-19-17(13)5-2)16-9-7-6-8-14(16)11-18(20)21-3/h4-5,10,12,14,16H,6-9,11H2,1-3H3/b13-4-,17-5+/t14-,16?/m1/s1. The highest BCUT2D eigenvalue weighted by Crippen LogP contribution is 2.39. The van der Waals surface area contributed by atoms with Gasteiger partial charge in [0.1, 0.15) is 0 Å². The van der Waals surface area contributed by atoms with Crippen LogP contribution in [0.4, 0.5) is 0 Å². The fourth-order valence-corrected chi connectivity index (χ4v) is 3.37. The summed E-state index contributed by atoms with van der Waals surface area (Å²) in [5, 5.41) is 2.21. The van der Waals surface area contributed by atoms with E-state index in [4.69, 9.17) is 4.74 Å². The second-order valence-corrected chi connectivity index (χ2v) is 5.75. The molecule has 0 N–H and O–H groups in total. The summed E-state index contributed by atoms with van der Waals surface area (Å²) in [6.45, 7) is 4.05. The Morgan fingerprint density at radius 3 is 2.76 bits per heavy atom. The first-order chi connectivity index (χ1) is 10.2. The number of esters is 1. The number of carbonyl (C=O) groups is 1. The molecule has 21 heavy (non-hydrogen) atoms. The van der Waals surface area contributed by atoms with Gasteiger partial charge >= 0.3 is 5.97 Å². The van der Waals surface area contributed by atoms with E-state index in [-0.39, 0.29) is 5.97 Å². The molecule has 3 heteroatoms. The first-order valence-electron chi connectivity index (χ1n) is 7.85. The van der Waals surface area contributed by atoms with Crippen LogP contribution in [0.25, 0.3) is 12.2 Å². The van der Waals surface area contributed by atoms with Crippen molar-refractivity contribution in [3.8, 4) is 0 Å². The van der Waals surface area contributed by atoms with Crippen molar-refractivity contribution in [3.63, 3.8) is 0 Å². The van der Waals surface area contributed by atoms with E-state index < -0.39 is 0 Å². The third kappa shape index (κ3) is 3.72. The summed E-state index contributed by atoms with van der Waals surface area (Å²) >= 11 is 0. The third-order valence-electron chi connectivity index (χ3n) is 4.55. The van der Waals surface area contributed by atoms with Crippen LogP contribution in [-0.4, -0.2) is 18.1 Å². The maximum absolute atomic E-state index is 11.6. The predicted molar refractivity (Wildman–Crippen MR) is 85.1 cm³/mol. The molecule has 3 nitrogen and oxygen atoms in total. The van der Waals surface area contributed by atoms with Crippen molar-refractivity contribution in [1.82, 2.24) is 4.98 Å². The van der Waals surface area contributed by atoms with Crippen molar-refractivity contribution in [2.75, 3.05) is 7.11 Å². The van der Waals surface area contributed by atoms with Crippen molar-refractivity contribution in [2.24, 2.45) is 5.92 Å². The van der Waals surface area contributed by atoms with E-state index in [9.17, 15) is 4.79 Å². The van der Waals surface area contributed by atoms with E-state index in [0.717, 1.165) is 18.2 Å². The maximum atomic E-state index is 11.6. The summed E-state index contributed by atoms with van der Waals surface area (Å²) in [4.78, 5) is 16.2. The lowest BCUT2D eigenvalue weighted by molar-refractivity contribution is -0.142. The molecule has 1 unspecified atom stereocenters. The van der Waals surface area contributed by atoms with Crippen molar-refractivity contribution in [1.29, 1.82) is 0 Å². The van der Waals surface area contributed by atoms with Crippen LogP contribution in [0.2, 0.25) is 0 Å². The molecule has 1 heterocycles. The van der Waals surface area contributed by atoms with E-state index in [1.807, 2.05) is 26.1 Å². The zero-order valence-electron chi connectivity index (χ0n) is 13.3. The lowest BCUT2D eigenvalue weighted by Crippen LogP contribution is -2.30. The van der Waals surface area contributed by atoms with Gasteiger partial charge in [0.2, 0.25) is 0 Å². The van der Waals surface area contributed by atoms with E-state index >= 15 is 0 Å². The molecule has 2 rings (SSSR count). The molecule has 1 aliphatic carbocycles. The van der Waals surface area contributed by atoms with Gasteiger partial charge in [0.05, 0.1) is 12.5 Å². The highest BCUT2D eigenvalue weighted by molar-refractivity contribution is 5.69. The Kier molecular flexibility index (Phi) is 5.54. The minimum Gasteiger partial charge on any atom is -0.469 e. The molecule has 1 aromatic heterocycles. The Morgan fingerprint density at radius 2 is 2.10 bits per heavy atom. The third-order valence-corrected chi connectivity index (χ3v) is 4.55. The number of hydrogen-bond acceptors (Lipinski definition) is 3. The van der Waals surface area contributed by atoms with Gasteiger partial charge in [0.25, 0.3) is 0 Å². The Bertz CT molecular complexity index is 606. The Hall–Kier alpha value is -1.64. The number of rotatable bonds is 3. The van der Waals surface area contributed by atoms with Gasteiger partial charge < -0.3 is 4.74 Å². The molecule has 0 amide bonds. The minimum atomic E-state index is -0.0966. The van der Waals surface area contributed by atoms with Gasteiger partial charge in [-0.25, -0.2) is 0 Å². The summed E-state index contributed by atoms with van der Waals surface area (Å²) in [5.74, 6) is 0.713. The fraction of sp³-hybridized carbons (Fsp3) is 0.556. The predicted octanol–water partition coefficient (Wildman–Crippen LogP) is 2.52. The van der Waals surface area contributed by atoms with Crippen LogP contribution in [0.15, 0.2) is 12.3 Å². The molecule has 0 bridgehead atoms. The van der Waals surface area contributed by atoms with Crippen molar-refractivity contribution in [3.05, 3.63) is 28.4 Å². The molecule has 2 atom stereocenters. The molecule has 1 aliphatic rings. The van der Waals surface area contributed by atoms with Crippen LogP contribution < -0.4 is 10.6 Å². The highest BCUT2D eigenvalue weighted by atomic mass is 16.5. The molecule has 1 fully saturated rings. The smallest absolute Gasteiger partial charge is 0.305 e. The SMILES string of the molecule is C/C=c1/cc(C2CCCC[C@@H]2CC(=O)OC)cn/c1=C/C. The van der Waals surface area contributed by atoms with Gasteiger partial charge in [-0.05, 0) is 55.4 Å². The van der Waals surface area contributed by atoms with Crippen LogP contribution in [0.5, 0.6) is 0 Å².